The number of ether oxygens (including phenoxy) is 2. The topological polar surface area (TPSA) is 79.5 Å². The van der Waals surface area contributed by atoms with Crippen molar-refractivity contribution in [3.63, 3.8) is 0 Å². The Hall–Kier alpha value is -2.97. The van der Waals surface area contributed by atoms with Crippen molar-refractivity contribution in [1.29, 1.82) is 5.26 Å². The van der Waals surface area contributed by atoms with Crippen molar-refractivity contribution in [2.24, 2.45) is 0 Å². The van der Waals surface area contributed by atoms with E-state index in [1.165, 1.54) is 6.08 Å². The third-order valence-electron chi connectivity index (χ3n) is 3.22. The third-order valence-corrected chi connectivity index (χ3v) is 3.51. The Morgan fingerprint density at radius 1 is 1.28 bits per heavy atom. The highest BCUT2D eigenvalue weighted by Crippen LogP contribution is 2.35. The number of carbonyl (C=O) groups excluding carboxylic acids is 1. The number of rotatable bonds is 7. The van der Waals surface area contributed by atoms with Crippen LogP contribution in [0.15, 0.2) is 42.5 Å². The summed E-state index contributed by atoms with van der Waals surface area (Å²) in [5.41, 5.74) is 1.11. The maximum atomic E-state index is 12.2. The molecule has 128 valence electrons. The summed E-state index contributed by atoms with van der Waals surface area (Å²) >= 11 is 5.96. The minimum absolute atomic E-state index is 0.0447. The molecule has 0 heterocycles. The highest BCUT2D eigenvalue weighted by Gasteiger charge is 2.09. The molecule has 6 heteroatoms. The van der Waals surface area contributed by atoms with Crippen molar-refractivity contribution in [1.82, 2.24) is 0 Å². The first-order chi connectivity index (χ1) is 12.0. The first kappa shape index (κ1) is 18.4. The van der Waals surface area contributed by atoms with Crippen LogP contribution in [-0.4, -0.2) is 24.1 Å². The maximum Gasteiger partial charge on any atom is 0.185 e. The number of ketones is 1. The van der Waals surface area contributed by atoms with Gasteiger partial charge in [0.1, 0.15) is 11.8 Å². The van der Waals surface area contributed by atoms with Gasteiger partial charge in [0.05, 0.1) is 11.6 Å². The van der Waals surface area contributed by atoms with Crippen LogP contribution in [0, 0.1) is 11.3 Å². The van der Waals surface area contributed by atoms with Gasteiger partial charge in [-0.3, -0.25) is 4.79 Å². The molecule has 0 aliphatic rings. The predicted molar refractivity (Wildman–Crippen MR) is 95.2 cm³/mol. The molecule has 0 unspecified atom stereocenters. The van der Waals surface area contributed by atoms with Crippen LogP contribution >= 0.6 is 11.6 Å². The highest BCUT2D eigenvalue weighted by molar-refractivity contribution is 6.32. The summed E-state index contributed by atoms with van der Waals surface area (Å²) in [7, 11) is 0. The van der Waals surface area contributed by atoms with Crippen molar-refractivity contribution in [2.75, 3.05) is 13.2 Å². The number of halogens is 1. The quantitative estimate of drug-likeness (QED) is 0.592. The number of nitriles is 1. The number of allylic oxidation sites excluding steroid dienone is 1. The van der Waals surface area contributed by atoms with Gasteiger partial charge in [-0.2, -0.15) is 5.26 Å². The van der Waals surface area contributed by atoms with Gasteiger partial charge in [-0.25, -0.2) is 0 Å². The van der Waals surface area contributed by atoms with E-state index in [1.807, 2.05) is 6.07 Å². The summed E-state index contributed by atoms with van der Waals surface area (Å²) in [4.78, 5) is 12.2. The predicted octanol–water partition coefficient (Wildman–Crippen LogP) is 4.24. The highest BCUT2D eigenvalue weighted by atomic mass is 35.5. The zero-order valence-electron chi connectivity index (χ0n) is 13.5. The lowest BCUT2D eigenvalue weighted by Gasteiger charge is -2.08. The minimum Gasteiger partial charge on any atom is -0.503 e. The molecule has 0 saturated carbocycles. The molecule has 0 atom stereocenters. The molecule has 2 rings (SSSR count). The molecule has 0 aliphatic heterocycles. The average Bonchev–Trinajstić information content (AvgIpc) is 2.62. The van der Waals surface area contributed by atoms with E-state index in [0.29, 0.717) is 23.5 Å². The Balaban J connectivity index is 2.13. The zero-order chi connectivity index (χ0) is 18.2. The van der Waals surface area contributed by atoms with Crippen molar-refractivity contribution in [3.8, 4) is 23.3 Å². The molecule has 5 nitrogen and oxygen atoms in total. The molecule has 0 aromatic heterocycles. The fraction of sp³-hybridized carbons (Fsp3) is 0.158. The largest absolute Gasteiger partial charge is 0.503 e. The fourth-order valence-electron chi connectivity index (χ4n) is 2.05. The molecule has 25 heavy (non-hydrogen) atoms. The first-order valence-corrected chi connectivity index (χ1v) is 7.90. The molecule has 0 saturated heterocycles. The van der Waals surface area contributed by atoms with Gasteiger partial charge in [0.25, 0.3) is 0 Å². The van der Waals surface area contributed by atoms with Crippen molar-refractivity contribution < 1.29 is 19.4 Å². The number of hydrogen-bond acceptors (Lipinski definition) is 5. The maximum absolute atomic E-state index is 12.2. The van der Waals surface area contributed by atoms with E-state index in [0.717, 1.165) is 0 Å². The van der Waals surface area contributed by atoms with E-state index in [2.05, 4.69) is 0 Å². The molecule has 0 amide bonds. The Bertz CT molecular complexity index is 823. The molecule has 0 radical (unpaired) electrons. The van der Waals surface area contributed by atoms with E-state index in [-0.39, 0.29) is 28.9 Å². The normalized spacial score (nSPS) is 10.4. The second kappa shape index (κ2) is 8.76. The summed E-state index contributed by atoms with van der Waals surface area (Å²) in [6, 6.07) is 11.5. The summed E-state index contributed by atoms with van der Waals surface area (Å²) in [6.07, 6.45) is 3.00. The van der Waals surface area contributed by atoms with Gasteiger partial charge in [0.15, 0.2) is 23.9 Å². The number of phenols is 1. The zero-order valence-corrected chi connectivity index (χ0v) is 14.3. The van der Waals surface area contributed by atoms with Crippen molar-refractivity contribution in [3.05, 3.63) is 58.6 Å². The van der Waals surface area contributed by atoms with Crippen molar-refractivity contribution in [2.45, 2.75) is 6.92 Å². The summed E-state index contributed by atoms with van der Waals surface area (Å²) in [5, 5.41) is 18.4. The number of phenolic OH excluding ortho intramolecular Hbond substituents is 1. The van der Waals surface area contributed by atoms with Crippen LogP contribution < -0.4 is 9.47 Å². The van der Waals surface area contributed by atoms with Gasteiger partial charge >= 0.3 is 0 Å². The summed E-state index contributed by atoms with van der Waals surface area (Å²) < 4.78 is 10.4. The Kier molecular flexibility index (Phi) is 6.44. The lowest BCUT2D eigenvalue weighted by Crippen LogP contribution is -1.96. The van der Waals surface area contributed by atoms with Gasteiger partial charge in [0, 0.05) is 5.56 Å². The van der Waals surface area contributed by atoms with Crippen LogP contribution in [0.4, 0.5) is 0 Å². The Labute approximate surface area is 150 Å². The lowest BCUT2D eigenvalue weighted by atomic mass is 10.1. The van der Waals surface area contributed by atoms with Crippen LogP contribution in [0.5, 0.6) is 17.2 Å². The standard InChI is InChI=1S/C19H16ClNO4/c1-2-24-18-12-13(11-16(20)19(18)23)3-8-17(22)14-4-6-15(7-5-14)25-10-9-21/h3-8,11-12,23H,2,10H2,1H3/b8-3+. The number of nitrogens with zero attached hydrogens (tertiary/aromatic N) is 1. The molecule has 0 bridgehead atoms. The number of benzene rings is 2. The van der Waals surface area contributed by atoms with Gasteiger partial charge in [-0.05, 0) is 55.0 Å². The first-order valence-electron chi connectivity index (χ1n) is 7.52. The van der Waals surface area contributed by atoms with E-state index in [9.17, 15) is 9.90 Å². The van der Waals surface area contributed by atoms with E-state index < -0.39 is 0 Å². The lowest BCUT2D eigenvalue weighted by molar-refractivity contribution is 0.104. The van der Waals surface area contributed by atoms with E-state index >= 15 is 0 Å². The molecule has 0 aliphatic carbocycles. The number of hydrogen-bond donors (Lipinski definition) is 1. The molecule has 0 fully saturated rings. The van der Waals surface area contributed by atoms with Gasteiger partial charge in [-0.1, -0.05) is 17.7 Å². The van der Waals surface area contributed by atoms with Crippen LogP contribution in [0.3, 0.4) is 0 Å². The Morgan fingerprint density at radius 2 is 2.00 bits per heavy atom. The third kappa shape index (κ3) is 5.00. The molecule has 0 spiro atoms. The van der Waals surface area contributed by atoms with Gasteiger partial charge in [0.2, 0.25) is 0 Å². The monoisotopic (exact) mass is 357 g/mol. The summed E-state index contributed by atoms with van der Waals surface area (Å²) in [6.45, 7) is 2.14. The number of carbonyl (C=O) groups is 1. The van der Waals surface area contributed by atoms with Crippen LogP contribution in [0.2, 0.25) is 5.02 Å². The molecule has 1 N–H and O–H groups in total. The molecule has 2 aromatic rings. The van der Waals surface area contributed by atoms with Crippen LogP contribution in [-0.2, 0) is 0 Å². The van der Waals surface area contributed by atoms with Gasteiger partial charge < -0.3 is 14.6 Å². The Morgan fingerprint density at radius 3 is 2.64 bits per heavy atom. The van der Waals surface area contributed by atoms with Crippen molar-refractivity contribution >= 4 is 23.5 Å². The average molecular weight is 358 g/mol. The van der Waals surface area contributed by atoms with E-state index in [1.54, 1.807) is 49.4 Å². The smallest absolute Gasteiger partial charge is 0.185 e. The second-order valence-electron chi connectivity index (χ2n) is 4.95. The molecular formula is C19H16ClNO4. The SMILES string of the molecule is CCOc1cc(/C=C/C(=O)c2ccc(OCC#N)cc2)cc(Cl)c1O. The van der Waals surface area contributed by atoms with E-state index in [4.69, 9.17) is 26.3 Å². The molecular weight excluding hydrogens is 342 g/mol. The second-order valence-corrected chi connectivity index (χ2v) is 5.36. The van der Waals surface area contributed by atoms with Gasteiger partial charge in [-0.15, -0.1) is 0 Å². The minimum atomic E-state index is -0.200. The summed E-state index contributed by atoms with van der Waals surface area (Å²) in [5.74, 6) is 0.462. The fourth-order valence-corrected chi connectivity index (χ4v) is 2.27. The van der Waals surface area contributed by atoms with Crippen LogP contribution in [0.1, 0.15) is 22.8 Å². The van der Waals surface area contributed by atoms with Crippen LogP contribution in [0.25, 0.3) is 6.08 Å². The number of aromatic hydroxyl groups is 1. The molecule has 2 aromatic carbocycles.